The summed E-state index contributed by atoms with van der Waals surface area (Å²) in [6.07, 6.45) is 0. The average Bonchev–Trinajstić information content (AvgIpc) is 2.37. The van der Waals surface area contributed by atoms with Gasteiger partial charge in [0.1, 0.15) is 0 Å². The Morgan fingerprint density at radius 1 is 1.19 bits per heavy atom. The molecule has 1 rings (SSSR count). The van der Waals surface area contributed by atoms with Crippen LogP contribution < -0.4 is 0 Å². The number of rotatable bonds is 5. The van der Waals surface area contributed by atoms with Crippen LogP contribution in [-0.2, 0) is 0 Å². The first-order valence-corrected chi connectivity index (χ1v) is 7.96. The van der Waals surface area contributed by atoms with Crippen LogP contribution in [0.25, 0.3) is 0 Å². The second-order valence-corrected chi connectivity index (χ2v) is 6.64. The SMILES string of the molecule is CC(C)CN(CC(C)C)C([Se])=NC(=O)c1ccccc1F. The van der Waals surface area contributed by atoms with Crippen molar-refractivity contribution in [3.63, 3.8) is 0 Å². The summed E-state index contributed by atoms with van der Waals surface area (Å²) in [5.74, 6) is -0.200. The molecular weight excluding hydrogens is 334 g/mol. The monoisotopic (exact) mass is 357 g/mol. The number of hydrogen-bond acceptors (Lipinski definition) is 1. The predicted octanol–water partition coefficient (Wildman–Crippen LogP) is 3.10. The van der Waals surface area contributed by atoms with Gasteiger partial charge in [0, 0.05) is 0 Å². The normalized spacial score (nSPS) is 12.0. The Morgan fingerprint density at radius 2 is 1.71 bits per heavy atom. The van der Waals surface area contributed by atoms with Gasteiger partial charge in [-0.2, -0.15) is 0 Å². The van der Waals surface area contributed by atoms with Crippen LogP contribution in [0.4, 0.5) is 4.39 Å². The van der Waals surface area contributed by atoms with Gasteiger partial charge in [-0.05, 0) is 0 Å². The Labute approximate surface area is 134 Å². The molecule has 1 aromatic rings. The summed E-state index contributed by atoms with van der Waals surface area (Å²) in [4.78, 5) is 18.1. The van der Waals surface area contributed by atoms with Gasteiger partial charge in [0.25, 0.3) is 0 Å². The second kappa shape index (κ2) is 8.30. The number of halogens is 1. The summed E-state index contributed by atoms with van der Waals surface area (Å²) in [6.45, 7) is 10.0. The van der Waals surface area contributed by atoms with Crippen LogP contribution in [0.5, 0.6) is 0 Å². The summed E-state index contributed by atoms with van der Waals surface area (Å²) >= 11 is 2.84. The summed E-state index contributed by atoms with van der Waals surface area (Å²) in [7, 11) is 0. The molecule has 0 saturated heterocycles. The molecule has 1 radical (unpaired) electrons. The fourth-order valence-corrected chi connectivity index (χ4v) is 2.45. The number of nitrogens with zero attached hydrogens (tertiary/aromatic N) is 2. The molecule has 21 heavy (non-hydrogen) atoms. The van der Waals surface area contributed by atoms with Crippen LogP contribution in [-0.4, -0.2) is 44.6 Å². The van der Waals surface area contributed by atoms with Gasteiger partial charge >= 0.3 is 134 Å². The molecule has 0 unspecified atom stereocenters. The van der Waals surface area contributed by atoms with E-state index in [1.807, 2.05) is 4.90 Å². The molecule has 1 aromatic carbocycles. The molecular formula is C16H22FN2OSe. The molecule has 115 valence electrons. The third-order valence-electron chi connectivity index (χ3n) is 2.74. The molecule has 0 spiro atoms. The Kier molecular flexibility index (Phi) is 7.06. The molecule has 3 nitrogen and oxygen atoms in total. The summed E-state index contributed by atoms with van der Waals surface area (Å²) < 4.78 is 14.1. The van der Waals surface area contributed by atoms with Crippen LogP contribution in [0, 0.1) is 17.7 Å². The Bertz CT molecular complexity index is 505. The second-order valence-electron chi connectivity index (χ2n) is 5.87. The molecule has 5 heteroatoms. The number of amidine groups is 1. The van der Waals surface area contributed by atoms with Crippen LogP contribution in [0.1, 0.15) is 38.1 Å². The van der Waals surface area contributed by atoms with Gasteiger partial charge in [0.2, 0.25) is 0 Å². The van der Waals surface area contributed by atoms with Gasteiger partial charge < -0.3 is 0 Å². The third-order valence-corrected chi connectivity index (χ3v) is 3.48. The van der Waals surface area contributed by atoms with Gasteiger partial charge in [-0.1, -0.05) is 0 Å². The van der Waals surface area contributed by atoms with E-state index in [1.54, 1.807) is 12.1 Å². The first-order chi connectivity index (χ1) is 9.81. The number of carbonyl (C=O) groups is 1. The molecule has 0 aromatic heterocycles. The molecule has 0 bridgehead atoms. The molecule has 0 fully saturated rings. The van der Waals surface area contributed by atoms with E-state index < -0.39 is 11.7 Å². The van der Waals surface area contributed by atoms with Crippen LogP contribution >= 0.6 is 0 Å². The van der Waals surface area contributed by atoms with E-state index >= 15 is 0 Å². The van der Waals surface area contributed by atoms with Crippen molar-refractivity contribution in [1.82, 2.24) is 4.90 Å². The van der Waals surface area contributed by atoms with Gasteiger partial charge in [-0.25, -0.2) is 0 Å². The Balaban J connectivity index is 2.93. The number of hydrogen-bond donors (Lipinski definition) is 0. The van der Waals surface area contributed by atoms with E-state index in [2.05, 4.69) is 48.7 Å². The van der Waals surface area contributed by atoms with Crippen molar-refractivity contribution in [2.75, 3.05) is 13.1 Å². The Morgan fingerprint density at radius 3 is 2.19 bits per heavy atom. The molecule has 0 heterocycles. The van der Waals surface area contributed by atoms with Crippen molar-refractivity contribution in [3.8, 4) is 0 Å². The van der Waals surface area contributed by atoms with E-state index in [-0.39, 0.29) is 5.56 Å². The maximum absolute atomic E-state index is 13.6. The zero-order valence-corrected chi connectivity index (χ0v) is 14.7. The van der Waals surface area contributed by atoms with Gasteiger partial charge in [-0.3, -0.25) is 0 Å². The molecule has 0 N–H and O–H groups in total. The van der Waals surface area contributed by atoms with Crippen molar-refractivity contribution in [1.29, 1.82) is 0 Å². The fraction of sp³-hybridized carbons (Fsp3) is 0.500. The van der Waals surface area contributed by atoms with E-state index in [0.717, 1.165) is 13.1 Å². The zero-order chi connectivity index (χ0) is 16.0. The topological polar surface area (TPSA) is 32.7 Å². The molecule has 0 aliphatic carbocycles. The predicted molar refractivity (Wildman–Crippen MR) is 85.2 cm³/mol. The summed E-state index contributed by atoms with van der Waals surface area (Å²) in [6, 6.07) is 5.90. The molecule has 0 aliphatic rings. The van der Waals surface area contributed by atoms with Crippen LogP contribution in [0.15, 0.2) is 29.3 Å². The van der Waals surface area contributed by atoms with Gasteiger partial charge in [-0.15, -0.1) is 0 Å². The van der Waals surface area contributed by atoms with Crippen LogP contribution in [0.2, 0.25) is 0 Å². The summed E-state index contributed by atoms with van der Waals surface area (Å²) in [5.41, 5.74) is -0.000654. The van der Waals surface area contributed by atoms with Crippen molar-refractivity contribution >= 4 is 26.7 Å². The zero-order valence-electron chi connectivity index (χ0n) is 13.0. The van der Waals surface area contributed by atoms with Crippen molar-refractivity contribution in [3.05, 3.63) is 35.6 Å². The van der Waals surface area contributed by atoms with E-state index in [1.165, 1.54) is 12.1 Å². The minimum atomic E-state index is -0.556. The van der Waals surface area contributed by atoms with E-state index in [0.29, 0.717) is 16.6 Å². The van der Waals surface area contributed by atoms with Gasteiger partial charge in [0.15, 0.2) is 0 Å². The number of amides is 1. The first kappa shape index (κ1) is 17.9. The fourth-order valence-electron chi connectivity index (χ4n) is 1.96. The first-order valence-electron chi connectivity index (χ1n) is 7.10. The quantitative estimate of drug-likeness (QED) is 0.461. The summed E-state index contributed by atoms with van der Waals surface area (Å²) in [5, 5.41) is 0. The molecule has 0 aliphatic heterocycles. The van der Waals surface area contributed by atoms with Crippen molar-refractivity contribution < 1.29 is 9.18 Å². The number of aliphatic imine (C=N–C) groups is 1. The van der Waals surface area contributed by atoms with E-state index in [9.17, 15) is 9.18 Å². The van der Waals surface area contributed by atoms with Crippen molar-refractivity contribution in [2.24, 2.45) is 16.8 Å². The molecule has 0 saturated carbocycles. The standard InChI is InChI=1S/C16H22FN2OSe/c1-11(2)9-19(10-12(3)4)16(21)18-15(20)13-7-5-6-8-14(13)17/h5-8,11-12H,9-10H2,1-4H3. The van der Waals surface area contributed by atoms with E-state index in [4.69, 9.17) is 0 Å². The Hall–Kier alpha value is -1.19. The molecule has 0 atom stereocenters. The molecule has 1 amide bonds. The van der Waals surface area contributed by atoms with Crippen molar-refractivity contribution in [2.45, 2.75) is 27.7 Å². The number of benzene rings is 1. The third kappa shape index (κ3) is 5.98. The van der Waals surface area contributed by atoms with Crippen LogP contribution in [0.3, 0.4) is 0 Å². The maximum atomic E-state index is 13.6. The minimum absolute atomic E-state index is 0.000654. The number of carbonyl (C=O) groups excluding carboxylic acids is 1. The average molecular weight is 356 g/mol. The van der Waals surface area contributed by atoms with Gasteiger partial charge in [0.05, 0.1) is 0 Å².